The highest BCUT2D eigenvalue weighted by Crippen LogP contribution is 2.18. The summed E-state index contributed by atoms with van der Waals surface area (Å²) < 4.78 is 1.85. The van der Waals surface area contributed by atoms with Crippen molar-refractivity contribution in [2.45, 2.75) is 33.2 Å². The molecule has 0 aliphatic heterocycles. The molecular weight excluding hydrogens is 234 g/mol. The monoisotopic (exact) mass is 257 g/mol. The molecule has 0 saturated heterocycles. The number of aryl methyl sites for hydroxylation is 3. The van der Waals surface area contributed by atoms with E-state index in [1.54, 1.807) is 0 Å². The molecule has 1 unspecified atom stereocenters. The third-order valence-electron chi connectivity index (χ3n) is 3.51. The van der Waals surface area contributed by atoms with E-state index in [1.165, 1.54) is 22.3 Å². The first-order chi connectivity index (χ1) is 9.06. The van der Waals surface area contributed by atoms with Gasteiger partial charge in [0, 0.05) is 19.3 Å². The summed E-state index contributed by atoms with van der Waals surface area (Å²) >= 11 is 0. The fourth-order valence-corrected chi connectivity index (χ4v) is 2.46. The fourth-order valence-electron chi connectivity index (χ4n) is 2.46. The van der Waals surface area contributed by atoms with Gasteiger partial charge in [-0.1, -0.05) is 23.8 Å². The van der Waals surface area contributed by atoms with Crippen molar-refractivity contribution in [3.05, 3.63) is 52.8 Å². The van der Waals surface area contributed by atoms with Gasteiger partial charge in [-0.25, -0.2) is 0 Å². The van der Waals surface area contributed by atoms with Crippen molar-refractivity contribution in [3.63, 3.8) is 0 Å². The molecule has 0 amide bonds. The Hall–Kier alpha value is -1.61. The maximum atomic E-state index is 4.19. The van der Waals surface area contributed by atoms with Crippen LogP contribution in [-0.4, -0.2) is 16.3 Å². The second-order valence-corrected chi connectivity index (χ2v) is 5.31. The lowest BCUT2D eigenvalue weighted by molar-refractivity contribution is 0.574. The molecule has 3 nitrogen and oxygen atoms in total. The summed E-state index contributed by atoms with van der Waals surface area (Å²) in [5.41, 5.74) is 5.35. The SMILES string of the molecule is Cc1ccc(C(C)NCCc2cnn(C)c2)c(C)c1. The Morgan fingerprint density at radius 1 is 1.32 bits per heavy atom. The van der Waals surface area contributed by atoms with Gasteiger partial charge in [-0.3, -0.25) is 4.68 Å². The lowest BCUT2D eigenvalue weighted by Gasteiger charge is -2.16. The van der Waals surface area contributed by atoms with Crippen LogP contribution < -0.4 is 5.32 Å². The maximum absolute atomic E-state index is 4.19. The number of nitrogens with one attached hydrogen (secondary N) is 1. The van der Waals surface area contributed by atoms with E-state index in [0.29, 0.717) is 6.04 Å². The molecule has 1 aromatic heterocycles. The van der Waals surface area contributed by atoms with Crippen LogP contribution in [0.4, 0.5) is 0 Å². The number of nitrogens with zero attached hydrogens (tertiary/aromatic N) is 2. The van der Waals surface area contributed by atoms with E-state index in [1.807, 2.05) is 17.9 Å². The van der Waals surface area contributed by atoms with E-state index in [9.17, 15) is 0 Å². The van der Waals surface area contributed by atoms with Gasteiger partial charge >= 0.3 is 0 Å². The predicted octanol–water partition coefficient (Wildman–Crippen LogP) is 2.93. The number of hydrogen-bond acceptors (Lipinski definition) is 2. The minimum Gasteiger partial charge on any atom is -0.310 e. The van der Waals surface area contributed by atoms with E-state index >= 15 is 0 Å². The van der Waals surface area contributed by atoms with Crippen LogP contribution in [-0.2, 0) is 13.5 Å². The van der Waals surface area contributed by atoms with Gasteiger partial charge in [0.05, 0.1) is 6.20 Å². The van der Waals surface area contributed by atoms with Crippen LogP contribution >= 0.6 is 0 Å². The second kappa shape index (κ2) is 6.02. The first-order valence-electron chi connectivity index (χ1n) is 6.84. The molecule has 1 aromatic carbocycles. The Balaban J connectivity index is 1.88. The summed E-state index contributed by atoms with van der Waals surface area (Å²) in [5.74, 6) is 0. The lowest BCUT2D eigenvalue weighted by atomic mass is 10.0. The molecule has 0 spiro atoms. The minimum absolute atomic E-state index is 0.386. The summed E-state index contributed by atoms with van der Waals surface area (Å²) in [6.45, 7) is 7.51. The molecule has 0 aliphatic rings. The van der Waals surface area contributed by atoms with Gasteiger partial charge in [0.15, 0.2) is 0 Å². The highest BCUT2D eigenvalue weighted by atomic mass is 15.2. The molecule has 1 N–H and O–H groups in total. The van der Waals surface area contributed by atoms with Crippen molar-refractivity contribution < 1.29 is 0 Å². The topological polar surface area (TPSA) is 29.9 Å². The molecule has 19 heavy (non-hydrogen) atoms. The molecule has 0 fully saturated rings. The van der Waals surface area contributed by atoms with E-state index in [4.69, 9.17) is 0 Å². The Morgan fingerprint density at radius 3 is 2.74 bits per heavy atom. The highest BCUT2D eigenvalue weighted by molar-refractivity contribution is 5.32. The summed E-state index contributed by atoms with van der Waals surface area (Å²) in [4.78, 5) is 0. The summed E-state index contributed by atoms with van der Waals surface area (Å²) in [5, 5.41) is 7.77. The zero-order valence-corrected chi connectivity index (χ0v) is 12.3. The minimum atomic E-state index is 0.386. The molecule has 0 aliphatic carbocycles. The molecule has 0 radical (unpaired) electrons. The van der Waals surface area contributed by atoms with Crippen LogP contribution in [0.1, 0.15) is 35.2 Å². The number of aromatic nitrogens is 2. The zero-order valence-electron chi connectivity index (χ0n) is 12.3. The van der Waals surface area contributed by atoms with Gasteiger partial charge in [0.25, 0.3) is 0 Å². The van der Waals surface area contributed by atoms with Crippen LogP contribution in [0.25, 0.3) is 0 Å². The maximum Gasteiger partial charge on any atom is 0.0522 e. The van der Waals surface area contributed by atoms with Crippen LogP contribution in [0, 0.1) is 13.8 Å². The van der Waals surface area contributed by atoms with E-state index in [0.717, 1.165) is 13.0 Å². The molecular formula is C16H23N3. The van der Waals surface area contributed by atoms with Crippen molar-refractivity contribution in [2.24, 2.45) is 7.05 Å². The quantitative estimate of drug-likeness (QED) is 0.892. The largest absolute Gasteiger partial charge is 0.310 e. The average molecular weight is 257 g/mol. The number of rotatable bonds is 5. The van der Waals surface area contributed by atoms with Crippen molar-refractivity contribution in [2.75, 3.05) is 6.54 Å². The molecule has 2 rings (SSSR count). The van der Waals surface area contributed by atoms with Crippen molar-refractivity contribution >= 4 is 0 Å². The van der Waals surface area contributed by atoms with Gasteiger partial charge in [0.2, 0.25) is 0 Å². The van der Waals surface area contributed by atoms with Crippen molar-refractivity contribution in [1.82, 2.24) is 15.1 Å². The molecule has 1 atom stereocenters. The van der Waals surface area contributed by atoms with Crippen LogP contribution in [0.5, 0.6) is 0 Å². The molecule has 0 saturated carbocycles. The lowest BCUT2D eigenvalue weighted by Crippen LogP contribution is -2.22. The summed E-state index contributed by atoms with van der Waals surface area (Å²) in [6, 6.07) is 7.04. The van der Waals surface area contributed by atoms with Crippen molar-refractivity contribution in [1.29, 1.82) is 0 Å². The average Bonchev–Trinajstić information content (AvgIpc) is 2.75. The third-order valence-corrected chi connectivity index (χ3v) is 3.51. The zero-order chi connectivity index (χ0) is 13.8. The van der Waals surface area contributed by atoms with Gasteiger partial charge < -0.3 is 5.32 Å². The summed E-state index contributed by atoms with van der Waals surface area (Å²) in [7, 11) is 1.95. The normalized spacial score (nSPS) is 12.6. The van der Waals surface area contributed by atoms with Gasteiger partial charge in [-0.15, -0.1) is 0 Å². The van der Waals surface area contributed by atoms with E-state index in [2.05, 4.69) is 55.6 Å². The van der Waals surface area contributed by atoms with Gasteiger partial charge in [0.1, 0.15) is 0 Å². The van der Waals surface area contributed by atoms with Crippen molar-refractivity contribution in [3.8, 4) is 0 Å². The molecule has 0 bridgehead atoms. The molecule has 1 heterocycles. The van der Waals surface area contributed by atoms with Gasteiger partial charge in [-0.2, -0.15) is 5.10 Å². The predicted molar refractivity (Wildman–Crippen MR) is 79.2 cm³/mol. The summed E-state index contributed by atoms with van der Waals surface area (Å²) in [6.07, 6.45) is 5.02. The van der Waals surface area contributed by atoms with Gasteiger partial charge in [-0.05, 0) is 50.4 Å². The Labute approximate surface area is 115 Å². The number of benzene rings is 1. The first kappa shape index (κ1) is 13.8. The van der Waals surface area contributed by atoms with Crippen LogP contribution in [0.3, 0.4) is 0 Å². The molecule has 2 aromatic rings. The first-order valence-corrected chi connectivity index (χ1v) is 6.84. The third kappa shape index (κ3) is 3.67. The van der Waals surface area contributed by atoms with Crippen LogP contribution in [0.2, 0.25) is 0 Å². The molecule has 102 valence electrons. The number of hydrogen-bond donors (Lipinski definition) is 1. The van der Waals surface area contributed by atoms with Crippen LogP contribution in [0.15, 0.2) is 30.6 Å². The standard InChI is InChI=1S/C16H23N3/c1-12-5-6-16(13(2)9-12)14(3)17-8-7-15-10-18-19(4)11-15/h5-6,9-11,14,17H,7-8H2,1-4H3. The second-order valence-electron chi connectivity index (χ2n) is 5.31. The highest BCUT2D eigenvalue weighted by Gasteiger charge is 2.07. The fraction of sp³-hybridized carbons (Fsp3) is 0.438. The Morgan fingerprint density at radius 2 is 2.11 bits per heavy atom. The van der Waals surface area contributed by atoms with E-state index < -0.39 is 0 Å². The Kier molecular flexibility index (Phi) is 4.38. The smallest absolute Gasteiger partial charge is 0.0522 e. The van der Waals surface area contributed by atoms with E-state index in [-0.39, 0.29) is 0 Å². The molecule has 3 heteroatoms. The Bertz CT molecular complexity index is 543.